The van der Waals surface area contributed by atoms with Gasteiger partial charge in [0.25, 0.3) is 0 Å². The van der Waals surface area contributed by atoms with Gasteiger partial charge in [0.15, 0.2) is 0 Å². The molecule has 1 unspecified atom stereocenters. The van der Waals surface area contributed by atoms with Crippen LogP contribution in [0.5, 0.6) is 5.75 Å². The molecule has 0 amide bonds. The monoisotopic (exact) mass is 364 g/mol. The van der Waals surface area contributed by atoms with E-state index in [1.165, 1.54) is 24.3 Å². The number of ether oxygens (including phenoxy) is 1. The SMILES string of the molecule is C=CCCC1CCc2cc(-c3ccc(OC(F)(F)F)cc3)c(F)cc2C1. The third kappa shape index (κ3) is 4.45. The highest BCUT2D eigenvalue weighted by Gasteiger charge is 2.31. The number of aryl methyl sites for hydroxylation is 1. The van der Waals surface area contributed by atoms with Crippen molar-refractivity contribution in [2.75, 3.05) is 0 Å². The molecule has 0 radical (unpaired) electrons. The average molecular weight is 364 g/mol. The van der Waals surface area contributed by atoms with Gasteiger partial charge in [-0.15, -0.1) is 19.8 Å². The first-order valence-electron chi connectivity index (χ1n) is 8.64. The van der Waals surface area contributed by atoms with Crippen LogP contribution < -0.4 is 4.74 Å². The third-order valence-corrected chi connectivity index (χ3v) is 4.80. The van der Waals surface area contributed by atoms with Gasteiger partial charge in [-0.1, -0.05) is 18.2 Å². The zero-order valence-electron chi connectivity index (χ0n) is 14.3. The van der Waals surface area contributed by atoms with Crippen LogP contribution in [0.4, 0.5) is 17.6 Å². The maximum absolute atomic E-state index is 14.6. The fraction of sp³-hybridized carbons (Fsp3) is 0.333. The van der Waals surface area contributed by atoms with E-state index in [0.29, 0.717) is 17.0 Å². The topological polar surface area (TPSA) is 9.23 Å². The second-order valence-corrected chi connectivity index (χ2v) is 6.65. The fourth-order valence-electron chi connectivity index (χ4n) is 3.51. The van der Waals surface area contributed by atoms with Gasteiger partial charge < -0.3 is 4.74 Å². The van der Waals surface area contributed by atoms with E-state index in [-0.39, 0.29) is 11.6 Å². The summed E-state index contributed by atoms with van der Waals surface area (Å²) >= 11 is 0. The number of hydrogen-bond donors (Lipinski definition) is 0. The van der Waals surface area contributed by atoms with Crippen molar-refractivity contribution < 1.29 is 22.3 Å². The molecule has 2 aromatic rings. The summed E-state index contributed by atoms with van der Waals surface area (Å²) in [7, 11) is 0. The van der Waals surface area contributed by atoms with Crippen molar-refractivity contribution >= 4 is 0 Å². The van der Waals surface area contributed by atoms with E-state index in [2.05, 4.69) is 11.3 Å². The number of alkyl halides is 3. The van der Waals surface area contributed by atoms with Crippen LogP contribution in [0.3, 0.4) is 0 Å². The average Bonchev–Trinajstić information content (AvgIpc) is 2.58. The number of benzene rings is 2. The molecule has 1 aliphatic carbocycles. The molecule has 0 aromatic heterocycles. The lowest BCUT2D eigenvalue weighted by atomic mass is 9.80. The van der Waals surface area contributed by atoms with Gasteiger partial charge in [-0.2, -0.15) is 0 Å². The number of allylic oxidation sites excluding steroid dienone is 1. The molecule has 1 nitrogen and oxygen atoms in total. The first-order valence-corrected chi connectivity index (χ1v) is 8.64. The summed E-state index contributed by atoms with van der Waals surface area (Å²) in [6, 6.07) is 8.70. The highest BCUT2D eigenvalue weighted by Crippen LogP contribution is 2.34. The van der Waals surface area contributed by atoms with Gasteiger partial charge in [-0.3, -0.25) is 0 Å². The van der Waals surface area contributed by atoms with Crippen molar-refractivity contribution in [1.82, 2.24) is 0 Å². The van der Waals surface area contributed by atoms with Crippen LogP contribution in [0.1, 0.15) is 30.4 Å². The van der Waals surface area contributed by atoms with Crippen molar-refractivity contribution in [3.63, 3.8) is 0 Å². The van der Waals surface area contributed by atoms with E-state index in [0.717, 1.165) is 43.2 Å². The Morgan fingerprint density at radius 2 is 1.85 bits per heavy atom. The van der Waals surface area contributed by atoms with Crippen LogP contribution in [0.25, 0.3) is 11.1 Å². The van der Waals surface area contributed by atoms with Crippen LogP contribution in [0.2, 0.25) is 0 Å². The molecule has 2 aromatic carbocycles. The van der Waals surface area contributed by atoms with E-state index in [4.69, 9.17) is 0 Å². The highest BCUT2D eigenvalue weighted by molar-refractivity contribution is 5.66. The van der Waals surface area contributed by atoms with Crippen LogP contribution in [0.15, 0.2) is 49.1 Å². The Morgan fingerprint density at radius 1 is 1.12 bits per heavy atom. The molecule has 3 rings (SSSR count). The summed E-state index contributed by atoms with van der Waals surface area (Å²) in [6.45, 7) is 3.74. The molecule has 1 atom stereocenters. The van der Waals surface area contributed by atoms with Crippen molar-refractivity contribution in [3.05, 3.63) is 66.0 Å². The van der Waals surface area contributed by atoms with Gasteiger partial charge in [-0.25, -0.2) is 4.39 Å². The molecule has 0 bridgehead atoms. The zero-order valence-corrected chi connectivity index (χ0v) is 14.3. The number of rotatable bonds is 5. The summed E-state index contributed by atoms with van der Waals surface area (Å²) in [6.07, 6.45) is 2.01. The Morgan fingerprint density at radius 3 is 2.50 bits per heavy atom. The summed E-state index contributed by atoms with van der Waals surface area (Å²) in [5.74, 6) is -0.119. The van der Waals surface area contributed by atoms with Crippen molar-refractivity contribution in [3.8, 4) is 16.9 Å². The predicted octanol–water partition coefficient (Wildman–Crippen LogP) is 6.46. The summed E-state index contributed by atoms with van der Waals surface area (Å²) in [5, 5.41) is 0. The first-order chi connectivity index (χ1) is 12.4. The van der Waals surface area contributed by atoms with E-state index >= 15 is 0 Å². The molecule has 0 N–H and O–H groups in total. The predicted molar refractivity (Wildman–Crippen MR) is 93.5 cm³/mol. The molecule has 0 saturated heterocycles. The molecule has 0 aliphatic heterocycles. The van der Waals surface area contributed by atoms with Crippen molar-refractivity contribution in [2.24, 2.45) is 5.92 Å². The Labute approximate surface area is 150 Å². The number of fused-ring (bicyclic) bond motifs is 1. The van der Waals surface area contributed by atoms with Crippen molar-refractivity contribution in [2.45, 2.75) is 38.5 Å². The second kappa shape index (κ2) is 7.52. The largest absolute Gasteiger partial charge is 0.573 e. The molecule has 0 heterocycles. The lowest BCUT2D eigenvalue weighted by molar-refractivity contribution is -0.274. The molecule has 0 saturated carbocycles. The Balaban J connectivity index is 1.81. The number of hydrogen-bond acceptors (Lipinski definition) is 1. The van der Waals surface area contributed by atoms with Crippen LogP contribution in [0, 0.1) is 11.7 Å². The Bertz CT molecular complexity index is 778. The maximum Gasteiger partial charge on any atom is 0.573 e. The van der Waals surface area contributed by atoms with Gasteiger partial charge in [0, 0.05) is 5.56 Å². The molecule has 0 fully saturated rings. The quantitative estimate of drug-likeness (QED) is 0.437. The molecular weight excluding hydrogens is 344 g/mol. The van der Waals surface area contributed by atoms with E-state index in [1.807, 2.05) is 12.1 Å². The standard InChI is InChI=1S/C21H20F4O/c1-2-3-4-14-5-6-16-12-19(20(22)13-17(16)11-14)15-7-9-18(10-8-15)26-21(23,24)25/h2,7-10,12-14H,1,3-6,11H2. The van der Waals surface area contributed by atoms with E-state index < -0.39 is 6.36 Å². The molecule has 1 aliphatic rings. The summed E-state index contributed by atoms with van der Waals surface area (Å²) in [4.78, 5) is 0. The molecular formula is C21H20F4O. The minimum Gasteiger partial charge on any atom is -0.406 e. The van der Waals surface area contributed by atoms with Crippen LogP contribution in [-0.2, 0) is 12.8 Å². The Kier molecular flexibility index (Phi) is 5.35. The lowest BCUT2D eigenvalue weighted by Gasteiger charge is -2.25. The normalized spacial score (nSPS) is 16.8. The number of halogens is 4. The summed E-state index contributed by atoms with van der Waals surface area (Å²) < 4.78 is 55.2. The van der Waals surface area contributed by atoms with Gasteiger partial charge in [0.05, 0.1) is 0 Å². The van der Waals surface area contributed by atoms with Crippen molar-refractivity contribution in [1.29, 1.82) is 0 Å². The molecule has 26 heavy (non-hydrogen) atoms. The minimum atomic E-state index is -4.74. The molecule has 0 spiro atoms. The van der Waals surface area contributed by atoms with E-state index in [9.17, 15) is 17.6 Å². The van der Waals surface area contributed by atoms with Crippen LogP contribution >= 0.6 is 0 Å². The molecule has 138 valence electrons. The van der Waals surface area contributed by atoms with Gasteiger partial charge >= 0.3 is 6.36 Å². The smallest absolute Gasteiger partial charge is 0.406 e. The van der Waals surface area contributed by atoms with Gasteiger partial charge in [0.2, 0.25) is 0 Å². The highest BCUT2D eigenvalue weighted by atomic mass is 19.4. The second-order valence-electron chi connectivity index (χ2n) is 6.65. The molecule has 5 heteroatoms. The van der Waals surface area contributed by atoms with Gasteiger partial charge in [-0.05, 0) is 79.0 Å². The lowest BCUT2D eigenvalue weighted by Crippen LogP contribution is -2.17. The maximum atomic E-state index is 14.6. The third-order valence-electron chi connectivity index (χ3n) is 4.80. The Hall–Kier alpha value is -2.30. The fourth-order valence-corrected chi connectivity index (χ4v) is 3.51. The van der Waals surface area contributed by atoms with Crippen LogP contribution in [-0.4, -0.2) is 6.36 Å². The van der Waals surface area contributed by atoms with Gasteiger partial charge in [0.1, 0.15) is 11.6 Å². The summed E-state index contributed by atoms with van der Waals surface area (Å²) in [5.41, 5.74) is 3.09. The zero-order chi connectivity index (χ0) is 18.7. The minimum absolute atomic E-state index is 0.315. The van der Waals surface area contributed by atoms with E-state index in [1.54, 1.807) is 6.07 Å². The first kappa shape index (κ1) is 18.5.